The van der Waals surface area contributed by atoms with E-state index in [2.05, 4.69) is 20.4 Å². The molecule has 11 heteroatoms. The molecule has 1 amide bonds. The van der Waals surface area contributed by atoms with Crippen molar-refractivity contribution in [3.05, 3.63) is 55.9 Å². The van der Waals surface area contributed by atoms with Gasteiger partial charge in [0.1, 0.15) is 4.70 Å². The Labute approximate surface area is 197 Å². The highest BCUT2D eigenvalue weighted by Crippen LogP contribution is 2.27. The van der Waals surface area contributed by atoms with E-state index in [4.69, 9.17) is 23.2 Å². The maximum Gasteiger partial charge on any atom is 0.272 e. The lowest BCUT2D eigenvalue weighted by Crippen LogP contribution is -2.46. The van der Waals surface area contributed by atoms with Crippen molar-refractivity contribution in [2.24, 2.45) is 7.05 Å². The number of rotatable bonds is 4. The number of piperidine rings is 1. The fourth-order valence-electron chi connectivity index (χ4n) is 4.21. The highest BCUT2D eigenvalue weighted by molar-refractivity contribution is 7.17. The van der Waals surface area contributed by atoms with E-state index in [1.54, 1.807) is 25.2 Å². The van der Waals surface area contributed by atoms with Crippen LogP contribution in [0, 0.1) is 0 Å². The Balaban J connectivity index is 1.45. The average Bonchev–Trinajstić information content (AvgIpc) is 3.42. The molecule has 32 heavy (non-hydrogen) atoms. The van der Waals surface area contributed by atoms with E-state index in [-0.39, 0.29) is 17.5 Å². The SMILES string of the molecule is Cn1c(=O)c2sccc2n2c(CN3CCCCC3C(=O)Nc3ccc(Cl)c(Cl)c3)nnc12. The van der Waals surface area contributed by atoms with Crippen LogP contribution in [0.4, 0.5) is 5.69 Å². The molecule has 3 aromatic heterocycles. The number of nitrogens with one attached hydrogen (secondary N) is 1. The van der Waals surface area contributed by atoms with E-state index in [1.165, 1.54) is 15.9 Å². The van der Waals surface area contributed by atoms with Crippen LogP contribution in [0.3, 0.4) is 0 Å². The van der Waals surface area contributed by atoms with Gasteiger partial charge in [0.25, 0.3) is 5.56 Å². The van der Waals surface area contributed by atoms with Crippen LogP contribution in [-0.4, -0.2) is 42.6 Å². The maximum atomic E-state index is 13.1. The van der Waals surface area contributed by atoms with Crippen molar-refractivity contribution in [2.45, 2.75) is 31.8 Å². The van der Waals surface area contributed by atoms with Crippen molar-refractivity contribution in [1.29, 1.82) is 0 Å². The Hall–Kier alpha value is -2.46. The van der Waals surface area contributed by atoms with Crippen LogP contribution in [-0.2, 0) is 18.4 Å². The van der Waals surface area contributed by atoms with Gasteiger partial charge in [0.2, 0.25) is 11.7 Å². The van der Waals surface area contributed by atoms with Crippen LogP contribution >= 0.6 is 34.5 Å². The van der Waals surface area contributed by atoms with Crippen LogP contribution in [0.1, 0.15) is 25.1 Å². The lowest BCUT2D eigenvalue weighted by atomic mass is 10.0. The molecule has 1 saturated heterocycles. The number of carbonyl (C=O) groups excluding carboxylic acids is 1. The molecule has 0 radical (unpaired) electrons. The summed E-state index contributed by atoms with van der Waals surface area (Å²) in [6.45, 7) is 1.22. The molecule has 0 bridgehead atoms. The topological polar surface area (TPSA) is 84.5 Å². The van der Waals surface area contributed by atoms with E-state index in [0.29, 0.717) is 38.6 Å². The Morgan fingerprint density at radius 3 is 2.88 bits per heavy atom. The summed E-state index contributed by atoms with van der Waals surface area (Å²) in [6, 6.07) is 6.65. The monoisotopic (exact) mass is 490 g/mol. The van der Waals surface area contributed by atoms with Crippen LogP contribution in [0.2, 0.25) is 10.0 Å². The molecule has 1 unspecified atom stereocenters. The fourth-order valence-corrected chi connectivity index (χ4v) is 5.36. The molecule has 0 saturated carbocycles. The standard InChI is InChI=1S/C21H20Cl2N6O2S/c1-27-20(31)18-15(7-9-32-18)29-17(25-26-21(27)29)11-28-8-3-2-4-16(28)19(30)24-12-5-6-13(22)14(23)10-12/h5-7,9-10,16H,2-4,8,11H2,1H3,(H,24,30). The minimum Gasteiger partial charge on any atom is -0.325 e. The number of aryl methyl sites for hydroxylation is 1. The third-order valence-electron chi connectivity index (χ3n) is 5.85. The Morgan fingerprint density at radius 2 is 2.06 bits per heavy atom. The minimum atomic E-state index is -0.309. The van der Waals surface area contributed by atoms with Crippen molar-refractivity contribution in [1.82, 2.24) is 24.1 Å². The van der Waals surface area contributed by atoms with Crippen molar-refractivity contribution in [2.75, 3.05) is 11.9 Å². The van der Waals surface area contributed by atoms with Gasteiger partial charge < -0.3 is 5.32 Å². The van der Waals surface area contributed by atoms with Gasteiger partial charge in [-0.1, -0.05) is 29.6 Å². The quantitative estimate of drug-likeness (QED) is 0.468. The van der Waals surface area contributed by atoms with Crippen LogP contribution in [0.25, 0.3) is 16.0 Å². The number of hydrogen-bond acceptors (Lipinski definition) is 6. The Kier molecular flexibility index (Phi) is 5.66. The molecule has 5 rings (SSSR count). The molecule has 1 aromatic carbocycles. The number of carbonyl (C=O) groups is 1. The summed E-state index contributed by atoms with van der Waals surface area (Å²) < 4.78 is 4.09. The van der Waals surface area contributed by atoms with E-state index in [1.807, 2.05) is 15.8 Å². The summed E-state index contributed by atoms with van der Waals surface area (Å²) in [7, 11) is 1.70. The lowest BCUT2D eigenvalue weighted by Gasteiger charge is -2.34. The zero-order valence-electron chi connectivity index (χ0n) is 17.2. The van der Waals surface area contributed by atoms with Crippen molar-refractivity contribution in [3.63, 3.8) is 0 Å². The molecule has 166 valence electrons. The molecule has 4 aromatic rings. The number of nitrogens with zero attached hydrogens (tertiary/aromatic N) is 5. The molecular formula is C21H20Cl2N6O2S. The summed E-state index contributed by atoms with van der Waals surface area (Å²) in [5, 5.41) is 14.3. The molecule has 0 spiro atoms. The van der Waals surface area contributed by atoms with E-state index >= 15 is 0 Å². The summed E-state index contributed by atoms with van der Waals surface area (Å²) in [4.78, 5) is 27.8. The first kappa shape index (κ1) is 21.4. The van der Waals surface area contributed by atoms with Crippen LogP contribution < -0.4 is 10.9 Å². The first-order valence-electron chi connectivity index (χ1n) is 10.2. The van der Waals surface area contributed by atoms with Gasteiger partial charge in [0.05, 0.1) is 28.1 Å². The summed E-state index contributed by atoms with van der Waals surface area (Å²) in [5.41, 5.74) is 1.32. The normalized spacial score (nSPS) is 17.3. The average molecular weight is 491 g/mol. The van der Waals surface area contributed by atoms with Gasteiger partial charge in [-0.15, -0.1) is 21.5 Å². The maximum absolute atomic E-state index is 13.1. The minimum absolute atomic E-state index is 0.0849. The number of amides is 1. The van der Waals surface area contributed by atoms with E-state index in [0.717, 1.165) is 31.3 Å². The first-order chi connectivity index (χ1) is 15.4. The molecule has 1 fully saturated rings. The third-order valence-corrected chi connectivity index (χ3v) is 7.48. The molecule has 8 nitrogen and oxygen atoms in total. The van der Waals surface area contributed by atoms with Crippen LogP contribution in [0.5, 0.6) is 0 Å². The molecule has 0 aliphatic carbocycles. The second kappa shape index (κ2) is 8.47. The highest BCUT2D eigenvalue weighted by Gasteiger charge is 2.30. The van der Waals surface area contributed by atoms with Gasteiger partial charge in [-0.3, -0.25) is 23.5 Å². The predicted octanol–water partition coefficient (Wildman–Crippen LogP) is 3.94. The second-order valence-electron chi connectivity index (χ2n) is 7.85. The van der Waals surface area contributed by atoms with Gasteiger partial charge in [-0.05, 0) is 49.0 Å². The number of fused-ring (bicyclic) bond motifs is 3. The van der Waals surface area contributed by atoms with Gasteiger partial charge in [-0.2, -0.15) is 0 Å². The Bertz CT molecular complexity index is 1390. The number of thiophene rings is 1. The number of aromatic nitrogens is 4. The molecule has 4 heterocycles. The van der Waals surface area contributed by atoms with Gasteiger partial charge >= 0.3 is 0 Å². The number of likely N-dealkylation sites (tertiary alicyclic amines) is 1. The third kappa shape index (κ3) is 3.69. The van der Waals surface area contributed by atoms with Crippen LogP contribution in [0.15, 0.2) is 34.4 Å². The molecule has 1 aliphatic heterocycles. The van der Waals surface area contributed by atoms with Crippen molar-refractivity contribution >= 4 is 62.1 Å². The smallest absolute Gasteiger partial charge is 0.272 e. The summed E-state index contributed by atoms with van der Waals surface area (Å²) >= 11 is 13.5. The van der Waals surface area contributed by atoms with Crippen molar-refractivity contribution < 1.29 is 4.79 Å². The summed E-state index contributed by atoms with van der Waals surface area (Å²) in [5.74, 6) is 1.10. The first-order valence-corrected chi connectivity index (χ1v) is 11.9. The number of anilines is 1. The summed E-state index contributed by atoms with van der Waals surface area (Å²) in [6.07, 6.45) is 2.72. The number of hydrogen-bond donors (Lipinski definition) is 1. The van der Waals surface area contributed by atoms with Gasteiger partial charge in [0.15, 0.2) is 5.82 Å². The van der Waals surface area contributed by atoms with Gasteiger partial charge in [0, 0.05) is 12.7 Å². The molecule has 1 aliphatic rings. The lowest BCUT2D eigenvalue weighted by molar-refractivity contribution is -0.122. The molecule has 1 atom stereocenters. The predicted molar refractivity (Wildman–Crippen MR) is 127 cm³/mol. The molecule has 1 N–H and O–H groups in total. The second-order valence-corrected chi connectivity index (χ2v) is 9.58. The zero-order chi connectivity index (χ0) is 22.4. The van der Waals surface area contributed by atoms with E-state index < -0.39 is 0 Å². The fraction of sp³-hybridized carbons (Fsp3) is 0.333. The largest absolute Gasteiger partial charge is 0.325 e. The van der Waals surface area contributed by atoms with Crippen molar-refractivity contribution in [3.8, 4) is 0 Å². The zero-order valence-corrected chi connectivity index (χ0v) is 19.5. The highest BCUT2D eigenvalue weighted by atomic mass is 35.5. The van der Waals surface area contributed by atoms with E-state index in [9.17, 15) is 9.59 Å². The molecular weight excluding hydrogens is 471 g/mol. The number of benzene rings is 1. The van der Waals surface area contributed by atoms with Gasteiger partial charge in [-0.25, -0.2) is 0 Å². The number of halogens is 2. The Morgan fingerprint density at radius 1 is 1.22 bits per heavy atom.